The van der Waals surface area contributed by atoms with E-state index in [1.54, 1.807) is 12.4 Å². The van der Waals surface area contributed by atoms with Crippen LogP contribution in [0.5, 0.6) is 0 Å². The van der Waals surface area contributed by atoms with Crippen molar-refractivity contribution in [2.24, 2.45) is 0 Å². The normalized spacial score (nSPS) is 10.3. The van der Waals surface area contributed by atoms with Gasteiger partial charge < -0.3 is 10.6 Å². The second-order valence-electron chi connectivity index (χ2n) is 5.05. The Bertz CT molecular complexity index is 852. The van der Waals surface area contributed by atoms with Crippen molar-refractivity contribution < 1.29 is 13.6 Å². The van der Waals surface area contributed by atoms with Gasteiger partial charge in [-0.1, -0.05) is 12.1 Å². The summed E-state index contributed by atoms with van der Waals surface area (Å²) >= 11 is 0. The maximum absolute atomic E-state index is 13.5. The molecule has 0 aliphatic heterocycles. The highest BCUT2D eigenvalue weighted by molar-refractivity contribution is 6.02. The molecular formula is C17H13F2N5O. The fourth-order valence-corrected chi connectivity index (χ4v) is 2.03. The van der Waals surface area contributed by atoms with Crippen molar-refractivity contribution in [2.75, 3.05) is 10.6 Å². The SMILES string of the molecule is O=C(Nc1c(F)cccc1F)c1cnc(NCc2cccnc2)cn1. The largest absolute Gasteiger partial charge is 0.365 e. The van der Waals surface area contributed by atoms with E-state index in [4.69, 9.17) is 0 Å². The van der Waals surface area contributed by atoms with E-state index in [1.165, 1.54) is 18.5 Å². The Labute approximate surface area is 142 Å². The van der Waals surface area contributed by atoms with Crippen LogP contribution in [0.4, 0.5) is 20.3 Å². The van der Waals surface area contributed by atoms with Gasteiger partial charge in [-0.25, -0.2) is 18.7 Å². The quantitative estimate of drug-likeness (QED) is 0.746. The maximum atomic E-state index is 13.5. The lowest BCUT2D eigenvalue weighted by molar-refractivity contribution is 0.102. The van der Waals surface area contributed by atoms with Crippen LogP contribution in [0.3, 0.4) is 0 Å². The number of nitrogens with zero attached hydrogens (tertiary/aromatic N) is 3. The second kappa shape index (κ2) is 7.43. The van der Waals surface area contributed by atoms with Gasteiger partial charge in [0.15, 0.2) is 0 Å². The molecule has 6 nitrogen and oxygen atoms in total. The van der Waals surface area contributed by atoms with Gasteiger partial charge in [-0.3, -0.25) is 9.78 Å². The molecule has 0 aliphatic carbocycles. The van der Waals surface area contributed by atoms with Gasteiger partial charge in [0.05, 0.1) is 12.4 Å². The molecule has 3 aromatic rings. The number of rotatable bonds is 5. The molecule has 0 saturated carbocycles. The molecule has 0 spiro atoms. The number of carbonyl (C=O) groups is 1. The molecule has 126 valence electrons. The van der Waals surface area contributed by atoms with Crippen LogP contribution >= 0.6 is 0 Å². The topological polar surface area (TPSA) is 79.8 Å². The number of carbonyl (C=O) groups excluding carboxylic acids is 1. The summed E-state index contributed by atoms with van der Waals surface area (Å²) in [7, 11) is 0. The van der Waals surface area contributed by atoms with Gasteiger partial charge in [0.25, 0.3) is 5.91 Å². The van der Waals surface area contributed by atoms with Crippen LogP contribution in [0.25, 0.3) is 0 Å². The zero-order chi connectivity index (χ0) is 17.6. The second-order valence-corrected chi connectivity index (χ2v) is 5.05. The summed E-state index contributed by atoms with van der Waals surface area (Å²) in [6.07, 6.45) is 5.98. The monoisotopic (exact) mass is 341 g/mol. The molecular weight excluding hydrogens is 328 g/mol. The molecule has 0 unspecified atom stereocenters. The van der Waals surface area contributed by atoms with Gasteiger partial charge in [0, 0.05) is 18.9 Å². The maximum Gasteiger partial charge on any atom is 0.276 e. The summed E-state index contributed by atoms with van der Waals surface area (Å²) in [6, 6.07) is 7.03. The molecule has 1 amide bonds. The van der Waals surface area contributed by atoms with Crippen LogP contribution in [0.1, 0.15) is 16.1 Å². The minimum Gasteiger partial charge on any atom is -0.365 e. The summed E-state index contributed by atoms with van der Waals surface area (Å²) in [6.45, 7) is 0.495. The van der Waals surface area contributed by atoms with Crippen molar-refractivity contribution in [3.8, 4) is 0 Å². The van der Waals surface area contributed by atoms with Gasteiger partial charge in [-0.05, 0) is 23.8 Å². The molecule has 0 bridgehead atoms. The van der Waals surface area contributed by atoms with Gasteiger partial charge in [-0.2, -0.15) is 0 Å². The summed E-state index contributed by atoms with van der Waals surface area (Å²) in [4.78, 5) is 24.0. The highest BCUT2D eigenvalue weighted by Crippen LogP contribution is 2.18. The molecule has 2 aromatic heterocycles. The third-order valence-corrected chi connectivity index (χ3v) is 3.28. The third kappa shape index (κ3) is 4.11. The standard InChI is InChI=1S/C17H13F2N5O/c18-12-4-1-5-13(19)16(12)24-17(25)14-9-23-15(10-21-14)22-8-11-3-2-6-20-7-11/h1-7,9-10H,8H2,(H,22,23)(H,24,25). The van der Waals surface area contributed by atoms with E-state index in [2.05, 4.69) is 25.6 Å². The summed E-state index contributed by atoms with van der Waals surface area (Å²) < 4.78 is 27.1. The zero-order valence-electron chi connectivity index (χ0n) is 12.9. The van der Waals surface area contributed by atoms with Gasteiger partial charge in [-0.15, -0.1) is 0 Å². The molecule has 3 rings (SSSR count). The van der Waals surface area contributed by atoms with Gasteiger partial charge in [0.1, 0.15) is 28.8 Å². The van der Waals surface area contributed by atoms with Crippen LogP contribution in [-0.4, -0.2) is 20.9 Å². The first kappa shape index (κ1) is 16.4. The molecule has 0 saturated heterocycles. The van der Waals surface area contributed by atoms with E-state index in [1.807, 2.05) is 12.1 Å². The summed E-state index contributed by atoms with van der Waals surface area (Å²) in [5.74, 6) is -2.03. The van der Waals surface area contributed by atoms with E-state index >= 15 is 0 Å². The number of amides is 1. The Morgan fingerprint density at radius 3 is 2.44 bits per heavy atom. The smallest absolute Gasteiger partial charge is 0.276 e. The van der Waals surface area contributed by atoms with Crippen molar-refractivity contribution in [1.82, 2.24) is 15.0 Å². The highest BCUT2D eigenvalue weighted by Gasteiger charge is 2.14. The summed E-state index contributed by atoms with van der Waals surface area (Å²) in [5.41, 5.74) is 0.379. The van der Waals surface area contributed by atoms with Crippen LogP contribution in [-0.2, 0) is 6.54 Å². The van der Waals surface area contributed by atoms with Crippen molar-refractivity contribution >= 4 is 17.4 Å². The van der Waals surface area contributed by atoms with E-state index in [0.717, 1.165) is 17.7 Å². The average molecular weight is 341 g/mol. The predicted octanol–water partition coefficient (Wildman–Crippen LogP) is 3.01. The molecule has 25 heavy (non-hydrogen) atoms. The van der Waals surface area contributed by atoms with Crippen molar-refractivity contribution in [1.29, 1.82) is 0 Å². The Morgan fingerprint density at radius 1 is 1.00 bits per heavy atom. The van der Waals surface area contributed by atoms with Crippen molar-refractivity contribution in [2.45, 2.75) is 6.54 Å². The molecule has 2 heterocycles. The number of halogens is 2. The number of aromatic nitrogens is 3. The molecule has 2 N–H and O–H groups in total. The minimum absolute atomic E-state index is 0.0606. The van der Waals surface area contributed by atoms with E-state index in [-0.39, 0.29) is 5.69 Å². The van der Waals surface area contributed by atoms with Crippen LogP contribution in [0.15, 0.2) is 55.1 Å². The number of hydrogen-bond acceptors (Lipinski definition) is 5. The number of nitrogens with one attached hydrogen (secondary N) is 2. The average Bonchev–Trinajstić information content (AvgIpc) is 2.64. The number of para-hydroxylation sites is 1. The first-order valence-corrected chi connectivity index (χ1v) is 7.33. The van der Waals surface area contributed by atoms with E-state index < -0.39 is 23.2 Å². The summed E-state index contributed by atoms with van der Waals surface area (Å²) in [5, 5.41) is 5.18. The Hall–Kier alpha value is -3.42. The van der Waals surface area contributed by atoms with Gasteiger partial charge in [0.2, 0.25) is 0 Å². The fourth-order valence-electron chi connectivity index (χ4n) is 2.03. The third-order valence-electron chi connectivity index (χ3n) is 3.28. The van der Waals surface area contributed by atoms with E-state index in [9.17, 15) is 13.6 Å². The molecule has 0 aliphatic rings. The predicted molar refractivity (Wildman–Crippen MR) is 87.9 cm³/mol. The lowest BCUT2D eigenvalue weighted by Gasteiger charge is -2.08. The molecule has 1 aromatic carbocycles. The molecule has 0 atom stereocenters. The van der Waals surface area contributed by atoms with Crippen molar-refractivity contribution in [3.63, 3.8) is 0 Å². The van der Waals surface area contributed by atoms with Crippen molar-refractivity contribution in [3.05, 3.63) is 78.0 Å². The number of anilines is 2. The van der Waals surface area contributed by atoms with Crippen LogP contribution in [0, 0.1) is 11.6 Å². The number of hydrogen-bond donors (Lipinski definition) is 2. The fraction of sp³-hybridized carbons (Fsp3) is 0.0588. The van der Waals surface area contributed by atoms with Crippen LogP contribution < -0.4 is 10.6 Å². The zero-order valence-corrected chi connectivity index (χ0v) is 12.9. The van der Waals surface area contributed by atoms with Crippen LogP contribution in [0.2, 0.25) is 0 Å². The number of benzene rings is 1. The Balaban J connectivity index is 1.64. The molecule has 0 fully saturated rings. The minimum atomic E-state index is -0.865. The van der Waals surface area contributed by atoms with Gasteiger partial charge >= 0.3 is 0 Å². The highest BCUT2D eigenvalue weighted by atomic mass is 19.1. The lowest BCUT2D eigenvalue weighted by atomic mass is 10.2. The van der Waals surface area contributed by atoms with E-state index in [0.29, 0.717) is 12.4 Å². The number of pyridine rings is 1. The first-order valence-electron chi connectivity index (χ1n) is 7.33. The Kier molecular flexibility index (Phi) is 4.89. The lowest BCUT2D eigenvalue weighted by Crippen LogP contribution is -2.16. The Morgan fingerprint density at radius 2 is 1.80 bits per heavy atom. The molecule has 0 radical (unpaired) electrons. The first-order chi connectivity index (χ1) is 12.1. The molecule has 8 heteroatoms.